The van der Waals surface area contributed by atoms with E-state index in [1.54, 1.807) is 42.0 Å². The van der Waals surface area contributed by atoms with Crippen LogP contribution in [0.15, 0.2) is 42.7 Å². The molecule has 7 heteroatoms. The van der Waals surface area contributed by atoms with Crippen molar-refractivity contribution >= 4 is 17.2 Å². The molecule has 0 saturated carbocycles. The van der Waals surface area contributed by atoms with Gasteiger partial charge < -0.3 is 20.9 Å². The van der Waals surface area contributed by atoms with Crippen LogP contribution in [0.2, 0.25) is 0 Å². The molecule has 0 unspecified atom stereocenters. The number of phenols is 1. The van der Waals surface area contributed by atoms with Crippen LogP contribution in [0.4, 0.5) is 5.69 Å². The molecule has 23 heavy (non-hydrogen) atoms. The maximum absolute atomic E-state index is 11.4. The summed E-state index contributed by atoms with van der Waals surface area (Å²) >= 11 is 0. The number of hydrogen-bond acceptors (Lipinski definition) is 5. The average Bonchev–Trinajstić information content (AvgIpc) is 2.96. The zero-order valence-electron chi connectivity index (χ0n) is 12.5. The number of aromatic hydroxyl groups is 1. The summed E-state index contributed by atoms with van der Waals surface area (Å²) in [6, 6.07) is 8.54. The number of aromatic nitrogens is 2. The van der Waals surface area contributed by atoms with Crippen LogP contribution in [-0.4, -0.2) is 27.5 Å². The Bertz CT molecular complexity index is 873. The molecule has 0 spiro atoms. The largest absolute Gasteiger partial charge is 0.508 e. The molecule has 0 aliphatic heterocycles. The first-order valence-electron chi connectivity index (χ1n) is 6.95. The number of nitrogens with two attached hydrogens (primary N) is 1. The summed E-state index contributed by atoms with van der Waals surface area (Å²) in [4.78, 5) is 15.5. The Morgan fingerprint density at radius 3 is 2.96 bits per heavy atom. The van der Waals surface area contributed by atoms with Gasteiger partial charge in [0, 0.05) is 18.3 Å². The third kappa shape index (κ3) is 2.89. The van der Waals surface area contributed by atoms with Crippen molar-refractivity contribution in [2.24, 2.45) is 5.73 Å². The zero-order valence-corrected chi connectivity index (χ0v) is 12.5. The van der Waals surface area contributed by atoms with Gasteiger partial charge in [0.2, 0.25) is 0 Å². The van der Waals surface area contributed by atoms with Crippen LogP contribution in [0.25, 0.3) is 5.65 Å². The first-order chi connectivity index (χ1) is 11.1. The molecule has 0 radical (unpaired) electrons. The molecule has 118 valence electrons. The van der Waals surface area contributed by atoms with Crippen LogP contribution in [0.1, 0.15) is 16.1 Å². The number of methoxy groups -OCH3 is 1. The number of benzene rings is 1. The number of rotatable bonds is 5. The summed E-state index contributed by atoms with van der Waals surface area (Å²) in [5.41, 5.74) is 7.88. The van der Waals surface area contributed by atoms with Gasteiger partial charge in [-0.3, -0.25) is 9.20 Å². The van der Waals surface area contributed by atoms with Crippen LogP contribution in [0, 0.1) is 0 Å². The number of phenolic OH excluding ortho intramolecular Hbond substituents is 1. The summed E-state index contributed by atoms with van der Waals surface area (Å²) in [5.74, 6) is 0.310. The number of fused-ring (bicyclic) bond motifs is 1. The summed E-state index contributed by atoms with van der Waals surface area (Å²) in [6.07, 6.45) is 3.19. The normalized spacial score (nSPS) is 10.7. The lowest BCUT2D eigenvalue weighted by Gasteiger charge is -2.11. The van der Waals surface area contributed by atoms with E-state index in [-0.39, 0.29) is 5.75 Å². The lowest BCUT2D eigenvalue weighted by molar-refractivity contribution is 0.0995. The molecule has 3 aromatic rings. The lowest BCUT2D eigenvalue weighted by Crippen LogP contribution is -2.13. The number of ether oxygens (including phenoxy) is 1. The van der Waals surface area contributed by atoms with E-state index >= 15 is 0 Å². The van der Waals surface area contributed by atoms with Gasteiger partial charge in [-0.25, -0.2) is 4.98 Å². The number of imidazole rings is 1. The van der Waals surface area contributed by atoms with Crippen molar-refractivity contribution in [3.05, 3.63) is 54.0 Å². The molecule has 0 aliphatic carbocycles. The van der Waals surface area contributed by atoms with E-state index in [2.05, 4.69) is 10.3 Å². The van der Waals surface area contributed by atoms with E-state index in [1.807, 2.05) is 6.07 Å². The van der Waals surface area contributed by atoms with Crippen LogP contribution in [-0.2, 0) is 6.54 Å². The summed E-state index contributed by atoms with van der Waals surface area (Å²) < 4.78 is 6.90. The Kier molecular flexibility index (Phi) is 3.76. The number of nitrogens with one attached hydrogen (secondary N) is 1. The Hall–Kier alpha value is -3.22. The molecular formula is C16H16N4O3. The molecular weight excluding hydrogens is 296 g/mol. The number of amides is 1. The maximum atomic E-state index is 11.4. The van der Waals surface area contributed by atoms with Gasteiger partial charge in [0.1, 0.15) is 22.8 Å². The molecule has 7 nitrogen and oxygen atoms in total. The van der Waals surface area contributed by atoms with E-state index in [1.165, 1.54) is 6.20 Å². The Labute approximate surface area is 132 Å². The molecule has 2 aromatic heterocycles. The fourth-order valence-electron chi connectivity index (χ4n) is 2.37. The van der Waals surface area contributed by atoms with Gasteiger partial charge in [-0.1, -0.05) is 0 Å². The van der Waals surface area contributed by atoms with E-state index in [0.717, 1.165) is 11.3 Å². The molecule has 0 atom stereocenters. The predicted molar refractivity (Wildman–Crippen MR) is 85.7 cm³/mol. The van der Waals surface area contributed by atoms with Crippen LogP contribution >= 0.6 is 0 Å². The highest BCUT2D eigenvalue weighted by Crippen LogP contribution is 2.24. The number of carbonyl (C=O) groups is 1. The lowest BCUT2D eigenvalue weighted by atomic mass is 10.2. The average molecular weight is 312 g/mol. The second-order valence-electron chi connectivity index (χ2n) is 5.00. The minimum atomic E-state index is -0.538. The van der Waals surface area contributed by atoms with E-state index in [0.29, 0.717) is 23.6 Å². The topological polar surface area (TPSA) is 102 Å². The highest BCUT2D eigenvalue weighted by atomic mass is 16.5. The van der Waals surface area contributed by atoms with Crippen molar-refractivity contribution in [1.82, 2.24) is 9.38 Å². The third-order valence-electron chi connectivity index (χ3n) is 3.51. The van der Waals surface area contributed by atoms with Crippen molar-refractivity contribution in [3.8, 4) is 11.5 Å². The second-order valence-corrected chi connectivity index (χ2v) is 5.00. The Morgan fingerprint density at radius 1 is 1.39 bits per heavy atom. The summed E-state index contributed by atoms with van der Waals surface area (Å²) in [5, 5.41) is 12.8. The fraction of sp³-hybridized carbons (Fsp3) is 0.125. The van der Waals surface area contributed by atoms with Crippen molar-refractivity contribution in [2.45, 2.75) is 6.54 Å². The Balaban J connectivity index is 1.86. The summed E-state index contributed by atoms with van der Waals surface area (Å²) in [6.45, 7) is 0.448. The van der Waals surface area contributed by atoms with Gasteiger partial charge >= 0.3 is 0 Å². The molecule has 0 saturated heterocycles. The SMILES string of the molecule is COc1ccc(O)cc1CNc1ccc2ncc(C(N)=O)n2c1. The molecule has 1 amide bonds. The standard InChI is InChI=1S/C16H16N4O3/c1-23-14-4-3-12(21)6-10(14)7-18-11-2-5-15-19-8-13(16(17)22)20(15)9-11/h2-6,8-9,18,21H,7H2,1H3,(H2,17,22). The number of anilines is 1. The second kappa shape index (κ2) is 5.88. The predicted octanol–water partition coefficient (Wildman–Crippen LogP) is 1.76. The van der Waals surface area contributed by atoms with Gasteiger partial charge in [-0.2, -0.15) is 0 Å². The molecule has 2 heterocycles. The minimum absolute atomic E-state index is 0.170. The van der Waals surface area contributed by atoms with Crippen LogP contribution in [0.3, 0.4) is 0 Å². The van der Waals surface area contributed by atoms with Crippen molar-refractivity contribution in [1.29, 1.82) is 0 Å². The van der Waals surface area contributed by atoms with E-state index < -0.39 is 5.91 Å². The quantitative estimate of drug-likeness (QED) is 0.666. The Morgan fingerprint density at radius 2 is 2.22 bits per heavy atom. The van der Waals surface area contributed by atoms with Gasteiger partial charge in [0.15, 0.2) is 0 Å². The van der Waals surface area contributed by atoms with Crippen LogP contribution in [0.5, 0.6) is 11.5 Å². The van der Waals surface area contributed by atoms with Gasteiger partial charge in [-0.05, 0) is 30.3 Å². The molecule has 0 aliphatic rings. The van der Waals surface area contributed by atoms with Crippen molar-refractivity contribution in [3.63, 3.8) is 0 Å². The van der Waals surface area contributed by atoms with Gasteiger partial charge in [0.05, 0.1) is 19.0 Å². The minimum Gasteiger partial charge on any atom is -0.508 e. The highest BCUT2D eigenvalue weighted by molar-refractivity contribution is 5.91. The van der Waals surface area contributed by atoms with Crippen molar-refractivity contribution < 1.29 is 14.6 Å². The smallest absolute Gasteiger partial charge is 0.267 e. The fourth-order valence-corrected chi connectivity index (χ4v) is 2.37. The van der Waals surface area contributed by atoms with Gasteiger partial charge in [0.25, 0.3) is 5.91 Å². The number of carbonyl (C=O) groups excluding carboxylic acids is 1. The number of primary amides is 1. The first kappa shape index (κ1) is 14.7. The highest BCUT2D eigenvalue weighted by Gasteiger charge is 2.09. The monoisotopic (exact) mass is 312 g/mol. The van der Waals surface area contributed by atoms with E-state index in [9.17, 15) is 9.90 Å². The number of hydrogen-bond donors (Lipinski definition) is 3. The molecule has 1 aromatic carbocycles. The van der Waals surface area contributed by atoms with E-state index in [4.69, 9.17) is 10.5 Å². The first-order valence-corrected chi connectivity index (χ1v) is 6.95. The summed E-state index contributed by atoms with van der Waals surface area (Å²) in [7, 11) is 1.58. The van der Waals surface area contributed by atoms with Crippen LogP contribution < -0.4 is 15.8 Å². The van der Waals surface area contributed by atoms with Gasteiger partial charge in [-0.15, -0.1) is 0 Å². The number of nitrogens with zero attached hydrogens (tertiary/aromatic N) is 2. The zero-order chi connectivity index (χ0) is 16.4. The maximum Gasteiger partial charge on any atom is 0.267 e. The molecule has 4 N–H and O–H groups in total. The molecule has 0 bridgehead atoms. The third-order valence-corrected chi connectivity index (χ3v) is 3.51. The molecule has 0 fully saturated rings. The van der Waals surface area contributed by atoms with Crippen molar-refractivity contribution in [2.75, 3.05) is 12.4 Å². The molecule has 3 rings (SSSR count). The number of pyridine rings is 1.